The number of fused-ring (bicyclic) bond motifs is 9. The van der Waals surface area contributed by atoms with E-state index in [0.29, 0.717) is 0 Å². The Bertz CT molecular complexity index is 375. The van der Waals surface area contributed by atoms with Gasteiger partial charge in [-0.05, 0) is 66.1 Å². The Hall–Kier alpha value is -0.520. The van der Waals surface area contributed by atoms with E-state index in [1.807, 2.05) is 0 Å². The summed E-state index contributed by atoms with van der Waals surface area (Å²) >= 11 is 0. The fourth-order valence-electron chi connectivity index (χ4n) is 6.40. The molecule has 3 fully saturated rings. The van der Waals surface area contributed by atoms with Crippen LogP contribution in [0.4, 0.5) is 0 Å². The Balaban J connectivity index is 1.73. The van der Waals surface area contributed by atoms with Crippen LogP contribution in [0.25, 0.3) is 0 Å². The van der Waals surface area contributed by atoms with E-state index in [-0.39, 0.29) is 0 Å². The van der Waals surface area contributed by atoms with Gasteiger partial charge in [-0.2, -0.15) is 0 Å². The van der Waals surface area contributed by atoms with Crippen LogP contribution in [0.1, 0.15) is 26.7 Å². The molecule has 0 heterocycles. The van der Waals surface area contributed by atoms with E-state index in [0.717, 1.165) is 53.3 Å². The molecule has 0 saturated heterocycles. The van der Waals surface area contributed by atoms with Crippen molar-refractivity contribution in [1.82, 2.24) is 0 Å². The van der Waals surface area contributed by atoms with Crippen LogP contribution < -0.4 is 0 Å². The molecule has 0 N–H and O–H groups in total. The SMILES string of the molecule is C=CC1C2CC(C1C(C)C)C1C3C=CC(C3)C21. The minimum atomic E-state index is 0.828. The smallest absolute Gasteiger partial charge is 0.0171 e. The summed E-state index contributed by atoms with van der Waals surface area (Å²) in [6.07, 6.45) is 10.4. The van der Waals surface area contributed by atoms with Gasteiger partial charge in [-0.1, -0.05) is 32.1 Å². The van der Waals surface area contributed by atoms with E-state index in [9.17, 15) is 0 Å². The van der Waals surface area contributed by atoms with Crippen molar-refractivity contribution in [2.45, 2.75) is 26.7 Å². The van der Waals surface area contributed by atoms with Gasteiger partial charge in [0.1, 0.15) is 0 Å². The minimum Gasteiger partial charge on any atom is -0.103 e. The summed E-state index contributed by atoms with van der Waals surface area (Å²) in [6, 6.07) is 0. The molecule has 4 bridgehead atoms. The summed E-state index contributed by atoms with van der Waals surface area (Å²) in [7, 11) is 0. The monoisotopic (exact) mass is 228 g/mol. The first-order valence-electron chi connectivity index (χ1n) is 7.53. The number of allylic oxidation sites excluding steroid dienone is 3. The molecule has 92 valence electrons. The maximum absolute atomic E-state index is 4.15. The third kappa shape index (κ3) is 1.10. The van der Waals surface area contributed by atoms with E-state index in [1.165, 1.54) is 12.8 Å². The zero-order valence-corrected chi connectivity index (χ0v) is 11.0. The number of hydrogen-bond acceptors (Lipinski definition) is 0. The first-order chi connectivity index (χ1) is 8.22. The van der Waals surface area contributed by atoms with Crippen molar-refractivity contribution in [3.63, 3.8) is 0 Å². The second kappa shape index (κ2) is 3.28. The van der Waals surface area contributed by atoms with E-state index < -0.39 is 0 Å². The van der Waals surface area contributed by atoms with Crippen molar-refractivity contribution in [2.75, 3.05) is 0 Å². The van der Waals surface area contributed by atoms with E-state index >= 15 is 0 Å². The predicted octanol–water partition coefficient (Wildman–Crippen LogP) is 4.15. The third-order valence-corrected chi connectivity index (χ3v) is 6.59. The van der Waals surface area contributed by atoms with Crippen LogP contribution in [-0.4, -0.2) is 0 Å². The molecule has 8 unspecified atom stereocenters. The van der Waals surface area contributed by atoms with Crippen molar-refractivity contribution in [2.24, 2.45) is 53.3 Å². The second-order valence-corrected chi connectivity index (χ2v) is 7.30. The van der Waals surface area contributed by atoms with Gasteiger partial charge in [-0.25, -0.2) is 0 Å². The van der Waals surface area contributed by atoms with E-state index in [1.54, 1.807) is 0 Å². The van der Waals surface area contributed by atoms with Gasteiger partial charge in [0.2, 0.25) is 0 Å². The molecule has 0 aliphatic heterocycles. The lowest BCUT2D eigenvalue weighted by Crippen LogP contribution is -2.38. The molecule has 0 aromatic rings. The standard InChI is InChI=1S/C17H24/c1-4-12-13-8-14(15(12)9(2)3)17-11-6-5-10(7-11)16(13)17/h4-6,9-17H,1,7-8H2,2-3H3. The Morgan fingerprint density at radius 2 is 1.71 bits per heavy atom. The number of rotatable bonds is 2. The molecule has 4 aliphatic rings. The van der Waals surface area contributed by atoms with Crippen LogP contribution in [0.3, 0.4) is 0 Å². The van der Waals surface area contributed by atoms with Gasteiger partial charge in [0.05, 0.1) is 0 Å². The largest absolute Gasteiger partial charge is 0.103 e. The van der Waals surface area contributed by atoms with Gasteiger partial charge < -0.3 is 0 Å². The van der Waals surface area contributed by atoms with Gasteiger partial charge in [0, 0.05) is 0 Å². The lowest BCUT2D eigenvalue weighted by Gasteiger charge is -2.42. The Labute approximate surface area is 105 Å². The molecular weight excluding hydrogens is 204 g/mol. The molecular formula is C17H24. The molecule has 0 heteroatoms. The summed E-state index contributed by atoms with van der Waals surface area (Å²) in [6.45, 7) is 9.01. The lowest BCUT2D eigenvalue weighted by atomic mass is 9.62. The first-order valence-corrected chi connectivity index (χ1v) is 7.53. The second-order valence-electron chi connectivity index (χ2n) is 7.30. The van der Waals surface area contributed by atoms with Crippen LogP contribution in [-0.2, 0) is 0 Å². The molecule has 0 aromatic carbocycles. The molecule has 3 saturated carbocycles. The summed E-state index contributed by atoms with van der Waals surface area (Å²) in [5.74, 6) is 8.59. The minimum absolute atomic E-state index is 0.828. The predicted molar refractivity (Wildman–Crippen MR) is 71.3 cm³/mol. The average Bonchev–Trinajstić information content (AvgIpc) is 3.03. The fraction of sp³-hybridized carbons (Fsp3) is 0.765. The molecule has 4 rings (SSSR count). The summed E-state index contributed by atoms with van der Waals surface area (Å²) < 4.78 is 0. The quantitative estimate of drug-likeness (QED) is 0.492. The van der Waals surface area contributed by atoms with Crippen molar-refractivity contribution in [1.29, 1.82) is 0 Å². The first kappa shape index (κ1) is 10.4. The summed E-state index contributed by atoms with van der Waals surface area (Å²) in [4.78, 5) is 0. The lowest BCUT2D eigenvalue weighted by molar-refractivity contribution is 0.0837. The van der Waals surface area contributed by atoms with E-state index in [2.05, 4.69) is 38.7 Å². The van der Waals surface area contributed by atoms with Gasteiger partial charge >= 0.3 is 0 Å². The molecule has 17 heavy (non-hydrogen) atoms. The Kier molecular flexibility index (Phi) is 2.00. The maximum Gasteiger partial charge on any atom is -0.0171 e. The molecule has 8 atom stereocenters. The third-order valence-electron chi connectivity index (χ3n) is 6.59. The normalized spacial score (nSPS) is 58.1. The molecule has 0 radical (unpaired) electrons. The molecule has 4 aliphatic carbocycles. The highest BCUT2D eigenvalue weighted by Gasteiger charge is 2.63. The average molecular weight is 228 g/mol. The van der Waals surface area contributed by atoms with Crippen molar-refractivity contribution in [3.8, 4) is 0 Å². The van der Waals surface area contributed by atoms with Crippen molar-refractivity contribution in [3.05, 3.63) is 24.8 Å². The van der Waals surface area contributed by atoms with Crippen LogP contribution in [0.5, 0.6) is 0 Å². The van der Waals surface area contributed by atoms with Gasteiger partial charge in [-0.3, -0.25) is 0 Å². The molecule has 0 amide bonds. The highest BCUT2D eigenvalue weighted by Crippen LogP contribution is 2.69. The van der Waals surface area contributed by atoms with Gasteiger partial charge in [0.15, 0.2) is 0 Å². The van der Waals surface area contributed by atoms with Crippen LogP contribution >= 0.6 is 0 Å². The molecule has 0 aromatic heterocycles. The number of hydrogen-bond donors (Lipinski definition) is 0. The van der Waals surface area contributed by atoms with Crippen molar-refractivity contribution >= 4 is 0 Å². The summed E-state index contributed by atoms with van der Waals surface area (Å²) in [5.41, 5.74) is 0. The van der Waals surface area contributed by atoms with Crippen LogP contribution in [0.15, 0.2) is 24.8 Å². The van der Waals surface area contributed by atoms with Gasteiger partial charge in [0.25, 0.3) is 0 Å². The molecule has 0 spiro atoms. The fourth-order valence-corrected chi connectivity index (χ4v) is 6.40. The zero-order valence-electron chi connectivity index (χ0n) is 11.0. The maximum atomic E-state index is 4.15. The highest BCUT2D eigenvalue weighted by atomic mass is 14.7. The van der Waals surface area contributed by atoms with Gasteiger partial charge in [-0.15, -0.1) is 6.58 Å². The van der Waals surface area contributed by atoms with Crippen molar-refractivity contribution < 1.29 is 0 Å². The van der Waals surface area contributed by atoms with Crippen LogP contribution in [0.2, 0.25) is 0 Å². The molecule has 0 nitrogen and oxygen atoms in total. The topological polar surface area (TPSA) is 0 Å². The Morgan fingerprint density at radius 3 is 2.29 bits per heavy atom. The summed E-state index contributed by atoms with van der Waals surface area (Å²) in [5, 5.41) is 0. The Morgan fingerprint density at radius 1 is 1.06 bits per heavy atom. The van der Waals surface area contributed by atoms with E-state index in [4.69, 9.17) is 0 Å². The van der Waals surface area contributed by atoms with Crippen LogP contribution in [0, 0.1) is 53.3 Å². The highest BCUT2D eigenvalue weighted by molar-refractivity contribution is 5.23. The zero-order chi connectivity index (χ0) is 11.7.